The molecule has 1 rings (SSSR count). The number of hydrogen-bond acceptors (Lipinski definition) is 4. The maximum Gasteiger partial charge on any atom is 0.220 e. The van der Waals surface area contributed by atoms with Gasteiger partial charge in [-0.05, 0) is 37.9 Å². The van der Waals surface area contributed by atoms with E-state index in [1.807, 2.05) is 38.1 Å². The molecule has 0 fully saturated rings. The summed E-state index contributed by atoms with van der Waals surface area (Å²) in [5.74, 6) is 1.80. The van der Waals surface area contributed by atoms with Crippen LogP contribution in [0.15, 0.2) is 24.3 Å². The highest BCUT2D eigenvalue weighted by molar-refractivity contribution is 5.85. The van der Waals surface area contributed by atoms with Crippen LogP contribution in [0.25, 0.3) is 0 Å². The Bertz CT molecular complexity index is 430. The number of benzene rings is 1. The average molecular weight is 331 g/mol. The summed E-state index contributed by atoms with van der Waals surface area (Å²) in [7, 11) is 0. The molecule has 0 aliphatic rings. The number of hydrogen-bond donors (Lipinski definition) is 2. The highest BCUT2D eigenvalue weighted by Crippen LogP contribution is 2.26. The first-order chi connectivity index (χ1) is 10.2. The molecule has 1 aromatic carbocycles. The van der Waals surface area contributed by atoms with E-state index in [4.69, 9.17) is 15.2 Å². The first kappa shape index (κ1) is 20.5. The Labute approximate surface area is 139 Å². The zero-order chi connectivity index (χ0) is 15.5. The van der Waals surface area contributed by atoms with Crippen molar-refractivity contribution >= 4 is 18.3 Å². The van der Waals surface area contributed by atoms with Crippen molar-refractivity contribution in [3.8, 4) is 11.5 Å². The van der Waals surface area contributed by atoms with Gasteiger partial charge in [0.05, 0.1) is 13.2 Å². The third-order valence-corrected chi connectivity index (χ3v) is 3.00. The van der Waals surface area contributed by atoms with Crippen LogP contribution in [0.3, 0.4) is 0 Å². The summed E-state index contributed by atoms with van der Waals surface area (Å²) in [5, 5.41) is 2.86. The highest BCUT2D eigenvalue weighted by Gasteiger charge is 2.06. The molecule has 126 valence electrons. The Hall–Kier alpha value is -1.46. The molecular weight excluding hydrogens is 304 g/mol. The SMILES string of the molecule is CCOc1ccccc1OCCCC(=O)NCC(C)CN.Cl. The van der Waals surface area contributed by atoms with Crippen molar-refractivity contribution in [2.75, 3.05) is 26.3 Å². The van der Waals surface area contributed by atoms with Gasteiger partial charge in [-0.15, -0.1) is 12.4 Å². The topological polar surface area (TPSA) is 73.6 Å². The molecule has 0 heterocycles. The van der Waals surface area contributed by atoms with E-state index >= 15 is 0 Å². The quantitative estimate of drug-likeness (QED) is 0.646. The van der Waals surface area contributed by atoms with Crippen LogP contribution in [0.1, 0.15) is 26.7 Å². The van der Waals surface area contributed by atoms with Crippen LogP contribution in [0.2, 0.25) is 0 Å². The van der Waals surface area contributed by atoms with Gasteiger partial charge in [0, 0.05) is 13.0 Å². The first-order valence-electron chi connectivity index (χ1n) is 7.48. The molecule has 0 aliphatic heterocycles. The summed E-state index contributed by atoms with van der Waals surface area (Å²) in [4.78, 5) is 11.6. The zero-order valence-electron chi connectivity index (χ0n) is 13.3. The number of nitrogens with one attached hydrogen (secondary N) is 1. The number of rotatable bonds is 10. The maximum atomic E-state index is 11.6. The van der Waals surface area contributed by atoms with E-state index in [1.165, 1.54) is 0 Å². The normalized spacial score (nSPS) is 11.2. The van der Waals surface area contributed by atoms with Crippen LogP contribution >= 0.6 is 12.4 Å². The number of amides is 1. The molecule has 1 unspecified atom stereocenters. The summed E-state index contributed by atoms with van der Waals surface area (Å²) in [6.45, 7) is 6.24. The Balaban J connectivity index is 0.00000441. The van der Waals surface area contributed by atoms with Crippen molar-refractivity contribution in [3.63, 3.8) is 0 Å². The lowest BCUT2D eigenvalue weighted by Crippen LogP contribution is -2.31. The molecule has 0 saturated heterocycles. The molecule has 0 spiro atoms. The summed E-state index contributed by atoms with van der Waals surface area (Å²) in [5.41, 5.74) is 5.50. The second-order valence-corrected chi connectivity index (χ2v) is 4.98. The molecule has 5 nitrogen and oxygen atoms in total. The Kier molecular flexibility index (Phi) is 11.3. The van der Waals surface area contributed by atoms with Crippen molar-refractivity contribution in [2.24, 2.45) is 11.7 Å². The van der Waals surface area contributed by atoms with Crippen molar-refractivity contribution in [2.45, 2.75) is 26.7 Å². The van der Waals surface area contributed by atoms with Crippen LogP contribution in [-0.2, 0) is 4.79 Å². The van der Waals surface area contributed by atoms with Gasteiger partial charge in [0.1, 0.15) is 0 Å². The maximum absolute atomic E-state index is 11.6. The van der Waals surface area contributed by atoms with E-state index in [2.05, 4.69) is 5.32 Å². The smallest absolute Gasteiger partial charge is 0.220 e. The molecule has 3 N–H and O–H groups in total. The van der Waals surface area contributed by atoms with Gasteiger partial charge < -0.3 is 20.5 Å². The summed E-state index contributed by atoms with van der Waals surface area (Å²) in [6.07, 6.45) is 1.12. The number of ether oxygens (including phenoxy) is 2. The van der Waals surface area contributed by atoms with Gasteiger partial charge in [-0.1, -0.05) is 19.1 Å². The Morgan fingerprint density at radius 3 is 2.50 bits per heavy atom. The van der Waals surface area contributed by atoms with E-state index in [0.29, 0.717) is 45.1 Å². The van der Waals surface area contributed by atoms with E-state index in [1.54, 1.807) is 0 Å². The van der Waals surface area contributed by atoms with Crippen molar-refractivity contribution < 1.29 is 14.3 Å². The van der Waals surface area contributed by atoms with E-state index in [9.17, 15) is 4.79 Å². The van der Waals surface area contributed by atoms with Crippen LogP contribution in [0.5, 0.6) is 11.5 Å². The molecule has 1 amide bonds. The lowest BCUT2D eigenvalue weighted by molar-refractivity contribution is -0.121. The van der Waals surface area contributed by atoms with Crippen LogP contribution in [0, 0.1) is 5.92 Å². The standard InChI is InChI=1S/C16H26N2O3.ClH/c1-3-20-14-7-4-5-8-15(14)21-10-6-9-16(19)18-12-13(2)11-17;/h4-5,7-8,13H,3,6,9-12,17H2,1-2H3,(H,18,19);1H. The largest absolute Gasteiger partial charge is 0.490 e. The fraction of sp³-hybridized carbons (Fsp3) is 0.562. The lowest BCUT2D eigenvalue weighted by Gasteiger charge is -2.12. The van der Waals surface area contributed by atoms with Crippen LogP contribution < -0.4 is 20.5 Å². The molecule has 0 radical (unpaired) electrons. The molecule has 1 atom stereocenters. The number of para-hydroxylation sites is 2. The molecular formula is C16H27ClN2O3. The molecule has 1 aromatic rings. The van der Waals surface area contributed by atoms with Gasteiger partial charge in [0.25, 0.3) is 0 Å². The van der Waals surface area contributed by atoms with E-state index in [0.717, 1.165) is 11.5 Å². The summed E-state index contributed by atoms with van der Waals surface area (Å²) >= 11 is 0. The predicted octanol–water partition coefficient (Wildman–Crippen LogP) is 2.38. The van der Waals surface area contributed by atoms with Gasteiger partial charge in [0.2, 0.25) is 5.91 Å². The first-order valence-corrected chi connectivity index (χ1v) is 7.48. The molecule has 0 bridgehead atoms. The molecule has 6 heteroatoms. The van der Waals surface area contributed by atoms with Crippen LogP contribution in [-0.4, -0.2) is 32.2 Å². The van der Waals surface area contributed by atoms with Gasteiger partial charge in [0.15, 0.2) is 11.5 Å². The molecule has 0 aliphatic carbocycles. The average Bonchev–Trinajstić information content (AvgIpc) is 2.50. The lowest BCUT2D eigenvalue weighted by atomic mass is 10.2. The second-order valence-electron chi connectivity index (χ2n) is 4.98. The van der Waals surface area contributed by atoms with Gasteiger partial charge >= 0.3 is 0 Å². The molecule has 0 saturated carbocycles. The Morgan fingerprint density at radius 2 is 1.91 bits per heavy atom. The third kappa shape index (κ3) is 8.10. The van der Waals surface area contributed by atoms with Gasteiger partial charge in [-0.25, -0.2) is 0 Å². The van der Waals surface area contributed by atoms with E-state index in [-0.39, 0.29) is 18.3 Å². The van der Waals surface area contributed by atoms with E-state index < -0.39 is 0 Å². The highest BCUT2D eigenvalue weighted by atomic mass is 35.5. The minimum Gasteiger partial charge on any atom is -0.490 e. The fourth-order valence-corrected chi connectivity index (χ4v) is 1.72. The number of carbonyl (C=O) groups excluding carboxylic acids is 1. The summed E-state index contributed by atoms with van der Waals surface area (Å²) < 4.78 is 11.1. The van der Waals surface area contributed by atoms with Crippen molar-refractivity contribution in [1.82, 2.24) is 5.32 Å². The number of nitrogens with two attached hydrogens (primary N) is 1. The minimum absolute atomic E-state index is 0. The zero-order valence-corrected chi connectivity index (χ0v) is 14.2. The third-order valence-electron chi connectivity index (χ3n) is 3.00. The predicted molar refractivity (Wildman–Crippen MR) is 90.8 cm³/mol. The van der Waals surface area contributed by atoms with Crippen molar-refractivity contribution in [3.05, 3.63) is 24.3 Å². The van der Waals surface area contributed by atoms with Crippen LogP contribution in [0.4, 0.5) is 0 Å². The Morgan fingerprint density at radius 1 is 1.27 bits per heavy atom. The van der Waals surface area contributed by atoms with Crippen molar-refractivity contribution in [1.29, 1.82) is 0 Å². The second kappa shape index (κ2) is 12.1. The monoisotopic (exact) mass is 330 g/mol. The van der Waals surface area contributed by atoms with Gasteiger partial charge in [-0.2, -0.15) is 0 Å². The molecule has 0 aromatic heterocycles. The van der Waals surface area contributed by atoms with Gasteiger partial charge in [-0.3, -0.25) is 4.79 Å². The minimum atomic E-state index is 0. The molecule has 22 heavy (non-hydrogen) atoms. The summed E-state index contributed by atoms with van der Waals surface area (Å²) in [6, 6.07) is 7.55. The fourth-order valence-electron chi connectivity index (χ4n) is 1.72. The number of halogens is 1. The number of carbonyl (C=O) groups is 1.